The second-order valence-electron chi connectivity index (χ2n) is 5.38. The first-order chi connectivity index (χ1) is 9.87. The maximum atomic E-state index is 11.7. The van der Waals surface area contributed by atoms with Crippen molar-refractivity contribution in [2.24, 2.45) is 0 Å². The third kappa shape index (κ3) is 2.72. The van der Waals surface area contributed by atoms with Gasteiger partial charge in [0.15, 0.2) is 9.84 Å². The zero-order valence-electron chi connectivity index (χ0n) is 11.6. The molecule has 1 aliphatic heterocycles. The van der Waals surface area contributed by atoms with E-state index in [0.29, 0.717) is 12.2 Å². The highest BCUT2D eigenvalue weighted by molar-refractivity contribution is 9.10. The van der Waals surface area contributed by atoms with Gasteiger partial charge in [0.05, 0.1) is 22.7 Å². The summed E-state index contributed by atoms with van der Waals surface area (Å²) in [4.78, 5) is 6.57. The summed E-state index contributed by atoms with van der Waals surface area (Å²) in [5, 5.41) is 0.877. The highest BCUT2D eigenvalue weighted by Gasteiger charge is 2.29. The first-order valence-electron chi connectivity index (χ1n) is 6.68. The number of hydrogen-bond donors (Lipinski definition) is 1. The zero-order chi connectivity index (χ0) is 15.2. The van der Waals surface area contributed by atoms with Crippen LogP contribution in [-0.4, -0.2) is 37.5 Å². The van der Waals surface area contributed by atoms with Crippen molar-refractivity contribution in [2.45, 2.75) is 13.0 Å². The summed E-state index contributed by atoms with van der Waals surface area (Å²) in [5.41, 5.74) is 8.44. The number of anilines is 2. The lowest BCUT2D eigenvalue weighted by Crippen LogP contribution is -2.47. The van der Waals surface area contributed by atoms with Gasteiger partial charge in [-0.05, 0) is 41.1 Å². The van der Waals surface area contributed by atoms with Gasteiger partial charge in [-0.15, -0.1) is 0 Å². The number of nitrogens with two attached hydrogens (primary N) is 1. The van der Waals surface area contributed by atoms with Gasteiger partial charge >= 0.3 is 0 Å². The number of benzene rings is 1. The smallest absolute Gasteiger partial charge is 0.154 e. The molecule has 0 saturated carbocycles. The van der Waals surface area contributed by atoms with E-state index in [1.54, 1.807) is 6.20 Å². The highest BCUT2D eigenvalue weighted by Crippen LogP contribution is 2.33. The number of hydrogen-bond acceptors (Lipinski definition) is 5. The average molecular weight is 370 g/mol. The maximum absolute atomic E-state index is 11.7. The van der Waals surface area contributed by atoms with Crippen LogP contribution in [0.3, 0.4) is 0 Å². The topological polar surface area (TPSA) is 76.3 Å². The SMILES string of the molecule is CC1CS(=O)(=O)CCN1c1ccc(N)c2cc(Br)cnc12. The van der Waals surface area contributed by atoms with Crippen molar-refractivity contribution in [2.75, 3.05) is 28.7 Å². The van der Waals surface area contributed by atoms with Crippen LogP contribution in [0.5, 0.6) is 0 Å². The molecule has 5 nitrogen and oxygen atoms in total. The fourth-order valence-corrected chi connectivity index (χ4v) is 4.68. The number of aromatic nitrogens is 1. The fourth-order valence-electron chi connectivity index (χ4n) is 2.79. The third-order valence-electron chi connectivity index (χ3n) is 3.81. The zero-order valence-corrected chi connectivity index (χ0v) is 14.0. The number of nitrogen functional groups attached to an aromatic ring is 1. The van der Waals surface area contributed by atoms with Crippen LogP contribution in [0.15, 0.2) is 28.9 Å². The Labute approximate surface area is 132 Å². The molecule has 2 heterocycles. The van der Waals surface area contributed by atoms with Gasteiger partial charge < -0.3 is 10.6 Å². The first-order valence-corrected chi connectivity index (χ1v) is 9.29. The first kappa shape index (κ1) is 14.6. The molecule has 3 rings (SSSR count). The van der Waals surface area contributed by atoms with Gasteiger partial charge in [0.25, 0.3) is 0 Å². The van der Waals surface area contributed by atoms with Crippen molar-refractivity contribution >= 4 is 48.0 Å². The second-order valence-corrected chi connectivity index (χ2v) is 8.52. The Morgan fingerprint density at radius 3 is 2.90 bits per heavy atom. The summed E-state index contributed by atoms with van der Waals surface area (Å²) in [5.74, 6) is 0.356. The molecule has 1 aromatic carbocycles. The predicted octanol–water partition coefficient (Wildman–Crippen LogP) is 2.20. The van der Waals surface area contributed by atoms with E-state index < -0.39 is 9.84 Å². The van der Waals surface area contributed by atoms with E-state index >= 15 is 0 Å². The molecule has 0 bridgehead atoms. The van der Waals surface area contributed by atoms with Gasteiger partial charge in [0.2, 0.25) is 0 Å². The highest BCUT2D eigenvalue weighted by atomic mass is 79.9. The molecule has 1 unspecified atom stereocenters. The minimum absolute atomic E-state index is 0.0685. The molecule has 1 aromatic heterocycles. The molecule has 0 amide bonds. The number of nitrogens with zero attached hydrogens (tertiary/aromatic N) is 2. The van der Waals surface area contributed by atoms with Crippen LogP contribution in [0.2, 0.25) is 0 Å². The molecular formula is C14H16BrN3O2S. The van der Waals surface area contributed by atoms with E-state index in [0.717, 1.165) is 21.1 Å². The quantitative estimate of drug-likeness (QED) is 0.779. The molecule has 1 aliphatic rings. The maximum Gasteiger partial charge on any atom is 0.154 e. The Morgan fingerprint density at radius 2 is 2.19 bits per heavy atom. The summed E-state index contributed by atoms with van der Waals surface area (Å²) in [6, 6.07) is 5.64. The average Bonchev–Trinajstić information content (AvgIpc) is 2.40. The van der Waals surface area contributed by atoms with Crippen LogP contribution in [0.25, 0.3) is 10.9 Å². The van der Waals surface area contributed by atoms with Crippen LogP contribution in [0, 0.1) is 0 Å². The Morgan fingerprint density at radius 1 is 1.43 bits per heavy atom. The molecule has 2 N–H and O–H groups in total. The summed E-state index contributed by atoms with van der Waals surface area (Å²) in [7, 11) is -2.94. The lowest BCUT2D eigenvalue weighted by molar-refractivity contribution is 0.568. The van der Waals surface area contributed by atoms with Gasteiger partial charge in [0, 0.05) is 34.3 Å². The Balaban J connectivity index is 2.11. The van der Waals surface area contributed by atoms with Crippen molar-refractivity contribution in [1.82, 2.24) is 4.98 Å². The van der Waals surface area contributed by atoms with Crippen molar-refractivity contribution in [3.05, 3.63) is 28.9 Å². The van der Waals surface area contributed by atoms with E-state index in [1.807, 2.05) is 25.1 Å². The van der Waals surface area contributed by atoms with Crippen LogP contribution in [0.1, 0.15) is 6.92 Å². The minimum atomic E-state index is -2.94. The van der Waals surface area contributed by atoms with Crippen molar-refractivity contribution in [3.8, 4) is 0 Å². The van der Waals surface area contributed by atoms with Crippen LogP contribution in [0.4, 0.5) is 11.4 Å². The summed E-state index contributed by atoms with van der Waals surface area (Å²) < 4.78 is 24.3. The number of sulfone groups is 1. The molecule has 1 fully saturated rings. The summed E-state index contributed by atoms with van der Waals surface area (Å²) >= 11 is 3.40. The van der Waals surface area contributed by atoms with Crippen LogP contribution >= 0.6 is 15.9 Å². The molecule has 21 heavy (non-hydrogen) atoms. The molecule has 1 atom stereocenters. The lowest BCUT2D eigenvalue weighted by Gasteiger charge is -2.35. The molecule has 7 heteroatoms. The molecule has 0 spiro atoms. The summed E-state index contributed by atoms with van der Waals surface area (Å²) in [6.07, 6.45) is 1.73. The van der Waals surface area contributed by atoms with Gasteiger partial charge in [-0.25, -0.2) is 8.42 Å². The van der Waals surface area contributed by atoms with Gasteiger partial charge in [-0.3, -0.25) is 4.98 Å². The van der Waals surface area contributed by atoms with E-state index in [-0.39, 0.29) is 17.5 Å². The summed E-state index contributed by atoms with van der Waals surface area (Å²) in [6.45, 7) is 2.41. The Hall–Kier alpha value is -1.34. The molecule has 2 aromatic rings. The lowest BCUT2D eigenvalue weighted by atomic mass is 10.1. The van der Waals surface area contributed by atoms with E-state index in [1.165, 1.54) is 0 Å². The number of pyridine rings is 1. The second kappa shape index (κ2) is 5.14. The Kier molecular flexibility index (Phi) is 3.57. The minimum Gasteiger partial charge on any atom is -0.398 e. The van der Waals surface area contributed by atoms with Crippen molar-refractivity contribution in [3.63, 3.8) is 0 Å². The number of fused-ring (bicyclic) bond motifs is 1. The molecule has 112 valence electrons. The van der Waals surface area contributed by atoms with Gasteiger partial charge in [-0.1, -0.05) is 0 Å². The molecule has 0 aliphatic carbocycles. The Bertz CT molecular complexity index is 807. The molecule has 0 radical (unpaired) electrons. The van der Waals surface area contributed by atoms with Gasteiger partial charge in [0.1, 0.15) is 0 Å². The number of rotatable bonds is 1. The largest absolute Gasteiger partial charge is 0.398 e. The standard InChI is InChI=1S/C14H16BrN3O2S/c1-9-8-21(19,20)5-4-18(9)13-3-2-12(16)11-6-10(15)7-17-14(11)13/h2-3,6-7,9H,4-5,8,16H2,1H3. The monoisotopic (exact) mass is 369 g/mol. The number of halogens is 1. The third-order valence-corrected chi connectivity index (χ3v) is 6.04. The van der Waals surface area contributed by atoms with Crippen LogP contribution < -0.4 is 10.6 Å². The van der Waals surface area contributed by atoms with Crippen molar-refractivity contribution < 1.29 is 8.42 Å². The van der Waals surface area contributed by atoms with Crippen LogP contribution in [-0.2, 0) is 9.84 Å². The van der Waals surface area contributed by atoms with Gasteiger partial charge in [-0.2, -0.15) is 0 Å². The normalized spacial score (nSPS) is 21.6. The molecule has 1 saturated heterocycles. The van der Waals surface area contributed by atoms with E-state index in [4.69, 9.17) is 5.73 Å². The van der Waals surface area contributed by atoms with E-state index in [2.05, 4.69) is 25.8 Å². The fraction of sp³-hybridized carbons (Fsp3) is 0.357. The van der Waals surface area contributed by atoms with E-state index in [9.17, 15) is 8.42 Å². The van der Waals surface area contributed by atoms with Crippen molar-refractivity contribution in [1.29, 1.82) is 0 Å². The molecular weight excluding hydrogens is 354 g/mol. The predicted molar refractivity (Wildman–Crippen MR) is 89.3 cm³/mol.